The number of rotatable bonds is 7. The van der Waals surface area contributed by atoms with E-state index in [1.165, 1.54) is 0 Å². The third-order valence-electron chi connectivity index (χ3n) is 2.87. The number of thioether (sulfide) groups is 1. The Labute approximate surface area is 125 Å². The molecule has 0 fully saturated rings. The predicted octanol–water partition coefficient (Wildman–Crippen LogP) is 1.98. The first-order valence-electron chi connectivity index (χ1n) is 6.23. The molecule has 2 aromatic rings. The van der Waals surface area contributed by atoms with Crippen molar-refractivity contribution in [3.8, 4) is 11.3 Å². The van der Waals surface area contributed by atoms with Crippen LogP contribution in [0.4, 0.5) is 0 Å². The Kier molecular flexibility index (Phi) is 5.63. The molecule has 0 aromatic carbocycles. The van der Waals surface area contributed by atoms with E-state index in [0.717, 1.165) is 23.4 Å². The fourth-order valence-corrected chi connectivity index (χ4v) is 2.90. The molecule has 7 heteroatoms. The van der Waals surface area contributed by atoms with Crippen molar-refractivity contribution in [1.29, 1.82) is 0 Å². The van der Waals surface area contributed by atoms with Gasteiger partial charge in [0.25, 0.3) is 5.91 Å². The van der Waals surface area contributed by atoms with Crippen LogP contribution in [-0.4, -0.2) is 45.9 Å². The van der Waals surface area contributed by atoms with Gasteiger partial charge >= 0.3 is 0 Å². The van der Waals surface area contributed by atoms with E-state index < -0.39 is 0 Å². The van der Waals surface area contributed by atoms with Gasteiger partial charge in [-0.2, -0.15) is 28.2 Å². The molecule has 108 valence electrons. The van der Waals surface area contributed by atoms with Crippen molar-refractivity contribution >= 4 is 29.0 Å². The first-order chi connectivity index (χ1) is 9.74. The summed E-state index contributed by atoms with van der Waals surface area (Å²) in [5, 5.41) is 22.9. The van der Waals surface area contributed by atoms with Gasteiger partial charge in [0.2, 0.25) is 0 Å². The van der Waals surface area contributed by atoms with Gasteiger partial charge in [-0.25, -0.2) is 0 Å². The van der Waals surface area contributed by atoms with Crippen LogP contribution in [0.15, 0.2) is 22.9 Å². The maximum absolute atomic E-state index is 12.1. The van der Waals surface area contributed by atoms with Gasteiger partial charge in [-0.15, -0.1) is 0 Å². The Morgan fingerprint density at radius 2 is 2.50 bits per heavy atom. The van der Waals surface area contributed by atoms with E-state index in [1.54, 1.807) is 29.2 Å². The number of aliphatic hydroxyl groups is 1. The van der Waals surface area contributed by atoms with Gasteiger partial charge in [0.05, 0.1) is 18.3 Å². The lowest BCUT2D eigenvalue weighted by molar-refractivity contribution is 0.0910. The topological polar surface area (TPSA) is 78.0 Å². The molecule has 0 saturated heterocycles. The Hall–Kier alpha value is -1.31. The number of thiophene rings is 1. The van der Waals surface area contributed by atoms with Crippen LogP contribution in [0.5, 0.6) is 0 Å². The van der Waals surface area contributed by atoms with Crippen LogP contribution in [0.1, 0.15) is 16.9 Å². The maximum Gasteiger partial charge on any atom is 0.269 e. The predicted molar refractivity (Wildman–Crippen MR) is 83.2 cm³/mol. The van der Waals surface area contributed by atoms with E-state index in [0.29, 0.717) is 5.69 Å². The highest BCUT2D eigenvalue weighted by atomic mass is 32.2. The van der Waals surface area contributed by atoms with E-state index in [1.807, 2.05) is 23.1 Å². The molecule has 0 aliphatic rings. The molecule has 0 aliphatic heterocycles. The zero-order chi connectivity index (χ0) is 14.4. The molecule has 0 aliphatic carbocycles. The molecule has 3 N–H and O–H groups in total. The second-order valence-corrected chi connectivity index (χ2v) is 6.08. The van der Waals surface area contributed by atoms with Gasteiger partial charge in [0.1, 0.15) is 5.69 Å². The molecular weight excluding hydrogens is 294 g/mol. The third-order valence-corrected chi connectivity index (χ3v) is 4.19. The highest BCUT2D eigenvalue weighted by Crippen LogP contribution is 2.20. The highest BCUT2D eigenvalue weighted by Gasteiger charge is 2.15. The Balaban J connectivity index is 1.99. The fraction of sp³-hybridized carbons (Fsp3) is 0.385. The van der Waals surface area contributed by atoms with E-state index in [9.17, 15) is 9.90 Å². The molecule has 0 bridgehead atoms. The smallest absolute Gasteiger partial charge is 0.269 e. The molecular formula is C13H17N3O2S2. The molecule has 0 saturated carbocycles. The minimum absolute atomic E-state index is 0.0577. The van der Waals surface area contributed by atoms with E-state index in [4.69, 9.17) is 0 Å². The van der Waals surface area contributed by atoms with Gasteiger partial charge in [-0.1, -0.05) is 0 Å². The molecule has 1 atom stereocenters. The quantitative estimate of drug-likeness (QED) is 0.730. The van der Waals surface area contributed by atoms with Gasteiger partial charge in [-0.3, -0.25) is 9.89 Å². The van der Waals surface area contributed by atoms with Crippen LogP contribution >= 0.6 is 23.1 Å². The largest absolute Gasteiger partial charge is 0.394 e. The Morgan fingerprint density at radius 3 is 3.15 bits per heavy atom. The van der Waals surface area contributed by atoms with Gasteiger partial charge in [0, 0.05) is 10.9 Å². The van der Waals surface area contributed by atoms with Crippen LogP contribution in [0, 0.1) is 0 Å². The van der Waals surface area contributed by atoms with Crippen molar-refractivity contribution < 1.29 is 9.90 Å². The molecule has 2 heterocycles. The lowest BCUT2D eigenvalue weighted by Gasteiger charge is -2.14. The molecule has 0 radical (unpaired) electrons. The maximum atomic E-state index is 12.1. The summed E-state index contributed by atoms with van der Waals surface area (Å²) in [6.07, 6.45) is 2.74. The van der Waals surface area contributed by atoms with Crippen LogP contribution < -0.4 is 5.32 Å². The Bertz CT molecular complexity index is 540. The van der Waals surface area contributed by atoms with Crippen molar-refractivity contribution in [2.24, 2.45) is 0 Å². The number of carbonyl (C=O) groups is 1. The number of amides is 1. The number of hydrogen-bond donors (Lipinski definition) is 3. The number of aromatic amines is 1. The van der Waals surface area contributed by atoms with Crippen molar-refractivity contribution in [3.63, 3.8) is 0 Å². The zero-order valence-electron chi connectivity index (χ0n) is 11.1. The van der Waals surface area contributed by atoms with Crippen LogP contribution in [0.25, 0.3) is 11.3 Å². The van der Waals surface area contributed by atoms with Crippen LogP contribution in [0.3, 0.4) is 0 Å². The summed E-state index contributed by atoms with van der Waals surface area (Å²) in [6, 6.07) is 3.46. The van der Waals surface area contributed by atoms with E-state index in [2.05, 4.69) is 15.5 Å². The minimum Gasteiger partial charge on any atom is -0.394 e. The average molecular weight is 311 g/mol. The van der Waals surface area contributed by atoms with E-state index in [-0.39, 0.29) is 18.6 Å². The van der Waals surface area contributed by atoms with Crippen LogP contribution in [0.2, 0.25) is 0 Å². The number of nitrogens with one attached hydrogen (secondary N) is 2. The summed E-state index contributed by atoms with van der Waals surface area (Å²) in [7, 11) is 0. The number of nitrogens with zero attached hydrogens (tertiary/aromatic N) is 1. The van der Waals surface area contributed by atoms with Crippen LogP contribution in [-0.2, 0) is 0 Å². The molecule has 2 aromatic heterocycles. The zero-order valence-corrected chi connectivity index (χ0v) is 12.8. The Morgan fingerprint density at radius 1 is 1.65 bits per heavy atom. The summed E-state index contributed by atoms with van der Waals surface area (Å²) in [5.74, 6) is 0.661. The first kappa shape index (κ1) is 15.1. The van der Waals surface area contributed by atoms with Gasteiger partial charge < -0.3 is 10.4 Å². The second-order valence-electron chi connectivity index (χ2n) is 4.31. The number of carbonyl (C=O) groups excluding carboxylic acids is 1. The average Bonchev–Trinajstić information content (AvgIpc) is 3.12. The fourth-order valence-electron chi connectivity index (χ4n) is 1.73. The first-order valence-corrected chi connectivity index (χ1v) is 8.57. The van der Waals surface area contributed by atoms with E-state index >= 15 is 0 Å². The van der Waals surface area contributed by atoms with Crippen molar-refractivity contribution in [2.45, 2.75) is 12.5 Å². The van der Waals surface area contributed by atoms with Crippen molar-refractivity contribution in [2.75, 3.05) is 18.6 Å². The molecule has 1 unspecified atom stereocenters. The number of H-pyrrole nitrogens is 1. The lowest BCUT2D eigenvalue weighted by atomic mass is 10.2. The third kappa shape index (κ3) is 3.84. The summed E-state index contributed by atoms with van der Waals surface area (Å²) < 4.78 is 0. The second kappa shape index (κ2) is 7.47. The van der Waals surface area contributed by atoms with Gasteiger partial charge in [0.15, 0.2) is 0 Å². The summed E-state index contributed by atoms with van der Waals surface area (Å²) in [6.45, 7) is -0.0577. The highest BCUT2D eigenvalue weighted by molar-refractivity contribution is 7.98. The molecule has 2 rings (SSSR count). The SMILES string of the molecule is CSCCC(CO)NC(=O)c1cc(-c2ccsc2)n[nH]1. The number of hydrogen-bond acceptors (Lipinski definition) is 5. The number of aliphatic hydroxyl groups excluding tert-OH is 1. The standard InChI is InChI=1S/C13H17N3O2S2/c1-19-4-3-10(7-17)14-13(18)12-6-11(15-16-12)9-2-5-20-8-9/h2,5-6,8,10,17H,3-4,7H2,1H3,(H,14,18)(H,15,16). The van der Waals surface area contributed by atoms with Crippen molar-refractivity contribution in [3.05, 3.63) is 28.6 Å². The lowest BCUT2D eigenvalue weighted by Crippen LogP contribution is -2.38. The van der Waals surface area contributed by atoms with Gasteiger partial charge in [-0.05, 0) is 35.9 Å². The molecule has 5 nitrogen and oxygen atoms in total. The molecule has 0 spiro atoms. The normalized spacial score (nSPS) is 12.3. The molecule has 20 heavy (non-hydrogen) atoms. The van der Waals surface area contributed by atoms with Crippen molar-refractivity contribution in [1.82, 2.24) is 15.5 Å². The summed E-state index contributed by atoms with van der Waals surface area (Å²) in [4.78, 5) is 12.1. The summed E-state index contributed by atoms with van der Waals surface area (Å²) >= 11 is 3.27. The minimum atomic E-state index is -0.237. The molecule has 1 amide bonds. The summed E-state index contributed by atoms with van der Waals surface area (Å²) in [5.41, 5.74) is 2.15. The monoisotopic (exact) mass is 311 g/mol. The number of aromatic nitrogens is 2.